The third-order valence-corrected chi connectivity index (χ3v) is 2.99. The van der Waals surface area contributed by atoms with Gasteiger partial charge in [-0.15, -0.1) is 0 Å². The van der Waals surface area contributed by atoms with Crippen LogP contribution in [-0.2, 0) is 6.61 Å². The van der Waals surface area contributed by atoms with Crippen LogP contribution in [0.4, 0.5) is 4.39 Å². The summed E-state index contributed by atoms with van der Waals surface area (Å²) in [6, 6.07) is 9.35. The minimum absolute atomic E-state index is 0.0933. The van der Waals surface area contributed by atoms with Crippen molar-refractivity contribution in [1.82, 2.24) is 0 Å². The van der Waals surface area contributed by atoms with Crippen molar-refractivity contribution in [2.24, 2.45) is 0 Å². The SMILES string of the molecule is COc1ccc(CO)cc1-c1cc(F)ccc1Cl. The quantitative estimate of drug-likeness (QED) is 0.919. The molecule has 2 nitrogen and oxygen atoms in total. The van der Waals surface area contributed by atoms with Crippen LogP contribution >= 0.6 is 11.6 Å². The topological polar surface area (TPSA) is 29.5 Å². The lowest BCUT2D eigenvalue weighted by atomic mass is 10.0. The normalized spacial score (nSPS) is 10.4. The largest absolute Gasteiger partial charge is 0.496 e. The summed E-state index contributed by atoms with van der Waals surface area (Å²) in [7, 11) is 1.53. The summed E-state index contributed by atoms with van der Waals surface area (Å²) in [5.74, 6) is 0.213. The Bertz CT molecular complexity index is 570. The number of halogens is 2. The van der Waals surface area contributed by atoms with E-state index in [-0.39, 0.29) is 12.4 Å². The first-order chi connectivity index (χ1) is 8.65. The maximum absolute atomic E-state index is 13.3. The number of benzene rings is 2. The van der Waals surface area contributed by atoms with E-state index in [1.807, 2.05) is 0 Å². The molecule has 0 atom stereocenters. The number of hydrogen-bond acceptors (Lipinski definition) is 2. The standard InChI is InChI=1S/C14H12ClFO2/c1-18-14-5-2-9(8-17)6-12(14)11-7-10(16)3-4-13(11)15/h2-7,17H,8H2,1H3. The zero-order valence-corrected chi connectivity index (χ0v) is 10.5. The Balaban J connectivity index is 2.64. The van der Waals surface area contributed by atoms with E-state index >= 15 is 0 Å². The van der Waals surface area contributed by atoms with Crippen LogP contribution in [0.15, 0.2) is 36.4 Å². The van der Waals surface area contributed by atoms with Gasteiger partial charge in [0.15, 0.2) is 0 Å². The summed E-state index contributed by atoms with van der Waals surface area (Å²) in [4.78, 5) is 0. The summed E-state index contributed by atoms with van der Waals surface area (Å²) in [5.41, 5.74) is 1.92. The van der Waals surface area contributed by atoms with Gasteiger partial charge in [0.2, 0.25) is 0 Å². The van der Waals surface area contributed by atoms with Gasteiger partial charge in [-0.2, -0.15) is 0 Å². The van der Waals surface area contributed by atoms with Crippen molar-refractivity contribution in [3.8, 4) is 16.9 Å². The molecule has 0 aromatic heterocycles. The molecule has 0 aliphatic heterocycles. The second kappa shape index (κ2) is 5.38. The van der Waals surface area contributed by atoms with Crippen molar-refractivity contribution in [3.05, 3.63) is 52.8 Å². The third-order valence-electron chi connectivity index (χ3n) is 2.67. The van der Waals surface area contributed by atoms with Gasteiger partial charge in [-0.05, 0) is 35.9 Å². The van der Waals surface area contributed by atoms with Crippen LogP contribution in [0, 0.1) is 5.82 Å². The zero-order valence-electron chi connectivity index (χ0n) is 9.78. The molecule has 2 aromatic rings. The van der Waals surface area contributed by atoms with Gasteiger partial charge in [0.05, 0.1) is 13.7 Å². The monoisotopic (exact) mass is 266 g/mol. The van der Waals surface area contributed by atoms with Crippen molar-refractivity contribution < 1.29 is 14.2 Å². The number of aliphatic hydroxyl groups excluding tert-OH is 1. The van der Waals surface area contributed by atoms with Gasteiger partial charge in [-0.25, -0.2) is 4.39 Å². The molecule has 4 heteroatoms. The van der Waals surface area contributed by atoms with Gasteiger partial charge in [0, 0.05) is 16.1 Å². The molecule has 2 aromatic carbocycles. The van der Waals surface area contributed by atoms with E-state index in [0.29, 0.717) is 27.5 Å². The molecule has 0 unspecified atom stereocenters. The highest BCUT2D eigenvalue weighted by atomic mass is 35.5. The molecule has 2 rings (SSSR count). The first-order valence-electron chi connectivity index (χ1n) is 5.39. The Morgan fingerprint density at radius 3 is 2.61 bits per heavy atom. The molecule has 0 fully saturated rings. The summed E-state index contributed by atoms with van der Waals surface area (Å²) >= 11 is 6.07. The third kappa shape index (κ3) is 2.47. The van der Waals surface area contributed by atoms with Crippen LogP contribution < -0.4 is 4.74 Å². The molecule has 1 N–H and O–H groups in total. The van der Waals surface area contributed by atoms with Gasteiger partial charge >= 0.3 is 0 Å². The van der Waals surface area contributed by atoms with Gasteiger partial charge in [0.1, 0.15) is 11.6 Å². The Hall–Kier alpha value is -1.58. The smallest absolute Gasteiger partial charge is 0.126 e. The van der Waals surface area contributed by atoms with Crippen LogP contribution in [-0.4, -0.2) is 12.2 Å². The number of ether oxygens (including phenoxy) is 1. The van der Waals surface area contributed by atoms with Crippen molar-refractivity contribution in [2.45, 2.75) is 6.61 Å². The average Bonchev–Trinajstić information content (AvgIpc) is 2.40. The van der Waals surface area contributed by atoms with Crippen molar-refractivity contribution in [1.29, 1.82) is 0 Å². The van der Waals surface area contributed by atoms with Crippen LogP contribution in [0.25, 0.3) is 11.1 Å². The van der Waals surface area contributed by atoms with Gasteiger partial charge in [-0.1, -0.05) is 17.7 Å². The average molecular weight is 267 g/mol. The lowest BCUT2D eigenvalue weighted by Gasteiger charge is -2.11. The van der Waals surface area contributed by atoms with Gasteiger partial charge < -0.3 is 9.84 Å². The molecule has 0 saturated heterocycles. The maximum atomic E-state index is 13.3. The van der Waals surface area contributed by atoms with Crippen molar-refractivity contribution in [3.63, 3.8) is 0 Å². The molecule has 0 aliphatic carbocycles. The number of methoxy groups -OCH3 is 1. The van der Waals surface area contributed by atoms with Gasteiger partial charge in [-0.3, -0.25) is 0 Å². The highest BCUT2D eigenvalue weighted by molar-refractivity contribution is 6.33. The van der Waals surface area contributed by atoms with Crippen molar-refractivity contribution >= 4 is 11.6 Å². The Morgan fingerprint density at radius 1 is 1.17 bits per heavy atom. The first-order valence-corrected chi connectivity index (χ1v) is 5.76. The highest BCUT2D eigenvalue weighted by Gasteiger charge is 2.11. The van der Waals surface area contributed by atoms with Crippen LogP contribution in [0.2, 0.25) is 5.02 Å². The first kappa shape index (κ1) is 12.9. The van der Waals surface area contributed by atoms with Gasteiger partial charge in [0.25, 0.3) is 0 Å². The van der Waals surface area contributed by atoms with Crippen LogP contribution in [0.3, 0.4) is 0 Å². The van der Waals surface area contributed by atoms with E-state index in [1.54, 1.807) is 18.2 Å². The summed E-state index contributed by atoms with van der Waals surface area (Å²) in [6.45, 7) is -0.0933. The second-order valence-corrected chi connectivity index (χ2v) is 4.22. The zero-order chi connectivity index (χ0) is 13.1. The second-order valence-electron chi connectivity index (χ2n) is 3.82. The molecule has 0 aliphatic rings. The Kier molecular flexibility index (Phi) is 3.84. The molecule has 0 spiro atoms. The Labute approximate surface area is 110 Å². The molecular weight excluding hydrogens is 255 g/mol. The van der Waals surface area contributed by atoms with Crippen molar-refractivity contribution in [2.75, 3.05) is 7.11 Å². The number of hydrogen-bond donors (Lipinski definition) is 1. The summed E-state index contributed by atoms with van der Waals surface area (Å²) < 4.78 is 18.5. The van der Waals surface area contributed by atoms with Crippen LogP contribution in [0.1, 0.15) is 5.56 Å². The van der Waals surface area contributed by atoms with E-state index in [1.165, 1.54) is 25.3 Å². The lowest BCUT2D eigenvalue weighted by Crippen LogP contribution is -1.92. The number of rotatable bonds is 3. The fourth-order valence-electron chi connectivity index (χ4n) is 1.77. The summed E-state index contributed by atoms with van der Waals surface area (Å²) in [5, 5.41) is 9.58. The molecule has 0 saturated carbocycles. The molecule has 18 heavy (non-hydrogen) atoms. The fraction of sp³-hybridized carbons (Fsp3) is 0.143. The molecule has 0 amide bonds. The molecule has 0 radical (unpaired) electrons. The van der Waals surface area contributed by atoms with Crippen LogP contribution in [0.5, 0.6) is 5.75 Å². The van der Waals surface area contributed by atoms with E-state index < -0.39 is 0 Å². The van der Waals surface area contributed by atoms with E-state index in [9.17, 15) is 4.39 Å². The number of aliphatic hydroxyl groups is 1. The van der Waals surface area contributed by atoms with E-state index in [2.05, 4.69) is 0 Å². The fourth-order valence-corrected chi connectivity index (χ4v) is 1.99. The summed E-state index contributed by atoms with van der Waals surface area (Å²) in [6.07, 6.45) is 0. The highest BCUT2D eigenvalue weighted by Crippen LogP contribution is 2.35. The van der Waals surface area contributed by atoms with E-state index in [0.717, 1.165) is 0 Å². The lowest BCUT2D eigenvalue weighted by molar-refractivity contribution is 0.281. The predicted molar refractivity (Wildman–Crippen MR) is 69.3 cm³/mol. The molecule has 94 valence electrons. The Morgan fingerprint density at radius 2 is 1.94 bits per heavy atom. The molecule has 0 bridgehead atoms. The maximum Gasteiger partial charge on any atom is 0.126 e. The predicted octanol–water partition coefficient (Wildman–Crippen LogP) is 3.65. The minimum atomic E-state index is -0.370. The molecule has 0 heterocycles. The van der Waals surface area contributed by atoms with E-state index in [4.69, 9.17) is 21.4 Å². The molecular formula is C14H12ClFO2. The minimum Gasteiger partial charge on any atom is -0.496 e.